The second-order valence-electron chi connectivity index (χ2n) is 6.80. The van der Waals surface area contributed by atoms with Gasteiger partial charge in [0, 0.05) is 26.1 Å². The van der Waals surface area contributed by atoms with Gasteiger partial charge in [0.15, 0.2) is 6.54 Å². The Morgan fingerprint density at radius 3 is 2.56 bits per heavy atom. The number of piperazine rings is 1. The number of nitrogens with one attached hydrogen (secondary N) is 1. The van der Waals surface area contributed by atoms with Crippen LogP contribution in [0.2, 0.25) is 0 Å². The van der Waals surface area contributed by atoms with E-state index in [4.69, 9.17) is 4.74 Å². The molecule has 8 nitrogen and oxygen atoms in total. The van der Waals surface area contributed by atoms with Crippen LogP contribution in [0.25, 0.3) is 0 Å². The van der Waals surface area contributed by atoms with Crippen LogP contribution >= 0.6 is 0 Å². The number of hydroxylamine groups is 1. The Labute approximate surface area is 148 Å². The lowest BCUT2D eigenvalue weighted by Crippen LogP contribution is -2.59. The van der Waals surface area contributed by atoms with Gasteiger partial charge in [-0.3, -0.25) is 19.7 Å². The number of quaternary nitrogens is 1. The molecule has 0 radical (unpaired) electrons. The zero-order valence-electron chi connectivity index (χ0n) is 15.3. The number of amides is 2. The molecule has 1 heterocycles. The molecule has 0 bridgehead atoms. The highest BCUT2D eigenvalue weighted by Crippen LogP contribution is 2.29. The van der Waals surface area contributed by atoms with E-state index in [1.54, 1.807) is 12.1 Å². The zero-order valence-corrected chi connectivity index (χ0v) is 15.3. The van der Waals surface area contributed by atoms with Crippen molar-refractivity contribution in [3.63, 3.8) is 0 Å². The monoisotopic (exact) mass is 351 g/mol. The van der Waals surface area contributed by atoms with E-state index in [0.717, 1.165) is 26.2 Å². The first-order valence-electron chi connectivity index (χ1n) is 8.23. The molecule has 1 saturated heterocycles. The summed E-state index contributed by atoms with van der Waals surface area (Å²) >= 11 is 0. The molecule has 0 aromatic heterocycles. The van der Waals surface area contributed by atoms with Gasteiger partial charge in [-0.2, -0.15) is 5.06 Å². The van der Waals surface area contributed by atoms with Crippen molar-refractivity contribution in [1.82, 2.24) is 4.90 Å². The van der Waals surface area contributed by atoms with Crippen molar-refractivity contribution in [1.29, 1.82) is 0 Å². The average Bonchev–Trinajstić information content (AvgIpc) is 2.57. The number of carbonyl (C=O) groups is 2. The Balaban J connectivity index is 2.09. The topological polar surface area (TPSA) is 82.1 Å². The Hall–Kier alpha value is -2.16. The maximum atomic E-state index is 12.5. The van der Waals surface area contributed by atoms with Gasteiger partial charge in [0.2, 0.25) is 5.91 Å². The minimum absolute atomic E-state index is 0.222. The number of likely N-dealkylation sites (N-methyl/N-ethyl adjacent to an activating group) is 2. The number of anilines is 2. The third-order valence-corrected chi connectivity index (χ3v) is 4.54. The van der Waals surface area contributed by atoms with E-state index in [1.165, 1.54) is 20.1 Å². The van der Waals surface area contributed by atoms with Crippen LogP contribution in [0.1, 0.15) is 6.92 Å². The lowest BCUT2D eigenvalue weighted by Gasteiger charge is -2.40. The van der Waals surface area contributed by atoms with Gasteiger partial charge in [-0.05, 0) is 19.2 Å². The third kappa shape index (κ3) is 4.91. The van der Waals surface area contributed by atoms with Crippen LogP contribution in [0.5, 0.6) is 5.75 Å². The van der Waals surface area contributed by atoms with E-state index >= 15 is 0 Å². The molecule has 1 aliphatic heterocycles. The summed E-state index contributed by atoms with van der Waals surface area (Å²) in [4.78, 5) is 25.9. The maximum Gasteiger partial charge on any atom is 0.305 e. The number of rotatable bonds is 5. The van der Waals surface area contributed by atoms with Crippen LogP contribution in [-0.2, 0) is 9.59 Å². The van der Waals surface area contributed by atoms with E-state index in [-0.39, 0.29) is 18.4 Å². The van der Waals surface area contributed by atoms with Crippen molar-refractivity contribution in [2.75, 3.05) is 64.3 Å². The number of nitrogens with zero attached hydrogens (tertiary/aromatic N) is 3. The van der Waals surface area contributed by atoms with Gasteiger partial charge in [0.25, 0.3) is 0 Å². The summed E-state index contributed by atoms with van der Waals surface area (Å²) in [5.41, 5.74) is 0.786. The first-order chi connectivity index (χ1) is 11.7. The van der Waals surface area contributed by atoms with Gasteiger partial charge in [0.05, 0.1) is 38.6 Å². The van der Waals surface area contributed by atoms with Gasteiger partial charge >= 0.3 is 5.91 Å². The molecule has 25 heavy (non-hydrogen) atoms. The van der Waals surface area contributed by atoms with Gasteiger partial charge < -0.3 is 14.5 Å². The molecular formula is C17H27N4O4+. The van der Waals surface area contributed by atoms with Crippen LogP contribution in [0.3, 0.4) is 0 Å². The first-order valence-corrected chi connectivity index (χ1v) is 8.23. The quantitative estimate of drug-likeness (QED) is 0.465. The Bertz CT molecular complexity index is 642. The second kappa shape index (κ2) is 7.81. The molecule has 1 aliphatic rings. The van der Waals surface area contributed by atoms with Crippen LogP contribution < -0.4 is 15.1 Å². The first kappa shape index (κ1) is 19.2. The molecule has 0 unspecified atom stereocenters. The van der Waals surface area contributed by atoms with E-state index in [2.05, 4.69) is 17.3 Å². The van der Waals surface area contributed by atoms with Crippen molar-refractivity contribution in [3.8, 4) is 5.75 Å². The summed E-state index contributed by atoms with van der Waals surface area (Å²) in [5.74, 6) is -0.226. The van der Waals surface area contributed by atoms with Gasteiger partial charge in [-0.25, -0.2) is 0 Å². The van der Waals surface area contributed by atoms with Crippen LogP contribution in [0.4, 0.5) is 11.4 Å². The molecule has 0 aliphatic carbocycles. The lowest BCUT2D eigenvalue weighted by molar-refractivity contribution is -0.906. The SMILES string of the molecule is COc1cc(N(O)C(=O)C[N+]2(C)CCN(C)CC2)ccc1NC(C)=O. The normalized spacial score (nSPS) is 17.0. The fourth-order valence-corrected chi connectivity index (χ4v) is 2.85. The summed E-state index contributed by atoms with van der Waals surface area (Å²) in [6.07, 6.45) is 0. The number of hydrogen-bond donors (Lipinski definition) is 2. The molecule has 0 atom stereocenters. The third-order valence-electron chi connectivity index (χ3n) is 4.54. The minimum Gasteiger partial charge on any atom is -0.494 e. The van der Waals surface area contributed by atoms with Gasteiger partial charge in [0.1, 0.15) is 5.75 Å². The Morgan fingerprint density at radius 1 is 1.36 bits per heavy atom. The van der Waals surface area contributed by atoms with E-state index in [0.29, 0.717) is 26.7 Å². The van der Waals surface area contributed by atoms with Gasteiger partial charge in [-0.1, -0.05) is 0 Å². The Morgan fingerprint density at radius 2 is 2.00 bits per heavy atom. The molecule has 1 aromatic carbocycles. The molecule has 1 fully saturated rings. The van der Waals surface area contributed by atoms with Crippen molar-refractivity contribution < 1.29 is 24.0 Å². The van der Waals surface area contributed by atoms with Crippen molar-refractivity contribution in [3.05, 3.63) is 18.2 Å². The summed E-state index contributed by atoms with van der Waals surface area (Å²) in [5, 5.41) is 13.6. The highest BCUT2D eigenvalue weighted by Gasteiger charge is 2.32. The van der Waals surface area contributed by atoms with Crippen molar-refractivity contribution >= 4 is 23.2 Å². The molecule has 2 N–H and O–H groups in total. The predicted octanol–water partition coefficient (Wildman–Crippen LogP) is 0.768. The highest BCUT2D eigenvalue weighted by molar-refractivity contribution is 5.94. The maximum absolute atomic E-state index is 12.5. The van der Waals surface area contributed by atoms with Gasteiger partial charge in [-0.15, -0.1) is 0 Å². The van der Waals surface area contributed by atoms with Crippen molar-refractivity contribution in [2.24, 2.45) is 0 Å². The molecule has 0 spiro atoms. The molecule has 0 saturated carbocycles. The largest absolute Gasteiger partial charge is 0.494 e. The molecular weight excluding hydrogens is 324 g/mol. The number of methoxy groups -OCH3 is 1. The smallest absolute Gasteiger partial charge is 0.305 e. The van der Waals surface area contributed by atoms with E-state index < -0.39 is 0 Å². The molecule has 1 aromatic rings. The Kier molecular flexibility index (Phi) is 5.99. The minimum atomic E-state index is -0.374. The summed E-state index contributed by atoms with van der Waals surface area (Å²) < 4.78 is 5.82. The predicted molar refractivity (Wildman–Crippen MR) is 94.9 cm³/mol. The standard InChI is InChI=1S/C17H26N4O4/c1-13(22)18-15-6-5-14(11-16(15)25-4)20(24)17(23)12-21(3)9-7-19(2)8-10-21/h5-6,11,24H,7-10,12H2,1-4H3/p+1. The van der Waals surface area contributed by atoms with Crippen LogP contribution in [0, 0.1) is 0 Å². The average molecular weight is 351 g/mol. The molecule has 2 amide bonds. The molecule has 8 heteroatoms. The fraction of sp³-hybridized carbons (Fsp3) is 0.529. The van der Waals surface area contributed by atoms with Crippen LogP contribution in [0.15, 0.2) is 18.2 Å². The number of ether oxygens (including phenoxy) is 1. The fourth-order valence-electron chi connectivity index (χ4n) is 2.85. The summed E-state index contributed by atoms with van der Waals surface area (Å²) in [6, 6.07) is 4.68. The summed E-state index contributed by atoms with van der Waals surface area (Å²) in [7, 11) is 5.55. The lowest BCUT2D eigenvalue weighted by atomic mass is 10.2. The number of benzene rings is 1. The molecule has 138 valence electrons. The van der Waals surface area contributed by atoms with E-state index in [1.807, 2.05) is 7.05 Å². The number of carbonyl (C=O) groups excluding carboxylic acids is 2. The molecule has 2 rings (SSSR count). The highest BCUT2D eigenvalue weighted by atomic mass is 16.5. The zero-order chi connectivity index (χ0) is 18.6. The second-order valence-corrected chi connectivity index (χ2v) is 6.80. The van der Waals surface area contributed by atoms with E-state index in [9.17, 15) is 14.8 Å². The van der Waals surface area contributed by atoms with Crippen molar-refractivity contribution in [2.45, 2.75) is 6.92 Å². The summed E-state index contributed by atoms with van der Waals surface area (Å²) in [6.45, 7) is 5.19. The number of hydrogen-bond acceptors (Lipinski definition) is 5. The van der Waals surface area contributed by atoms with Crippen LogP contribution in [-0.4, -0.2) is 80.3 Å².